The molecule has 2 N–H and O–H groups in total. The SMILES string of the molecule is CC[NH+](CC)CC(=O)Nc1ccc(OCc2ccccc2)cc1.[Cl-]. The fourth-order valence-corrected chi connectivity index (χ4v) is 2.31. The second kappa shape index (κ2) is 10.7. The van der Waals surface area contributed by atoms with E-state index in [1.807, 2.05) is 54.6 Å². The molecular formula is C19H25ClN2O2. The van der Waals surface area contributed by atoms with E-state index in [1.165, 1.54) is 4.90 Å². The molecule has 0 saturated heterocycles. The van der Waals surface area contributed by atoms with E-state index in [9.17, 15) is 4.79 Å². The van der Waals surface area contributed by atoms with E-state index in [0.717, 1.165) is 30.1 Å². The largest absolute Gasteiger partial charge is 1.00 e. The van der Waals surface area contributed by atoms with Gasteiger partial charge in [0.15, 0.2) is 6.54 Å². The van der Waals surface area contributed by atoms with Gasteiger partial charge in [0.25, 0.3) is 5.91 Å². The Hall–Kier alpha value is -2.04. The maximum atomic E-state index is 12.0. The average Bonchev–Trinajstić information content (AvgIpc) is 2.60. The molecule has 2 aromatic carbocycles. The number of nitrogens with one attached hydrogen (secondary N) is 2. The van der Waals surface area contributed by atoms with Gasteiger partial charge in [-0.1, -0.05) is 30.3 Å². The van der Waals surface area contributed by atoms with Gasteiger partial charge in [-0.15, -0.1) is 0 Å². The Kier molecular flexibility index (Phi) is 8.90. The van der Waals surface area contributed by atoms with Crippen LogP contribution < -0.4 is 27.4 Å². The number of anilines is 1. The van der Waals surface area contributed by atoms with Gasteiger partial charge in [-0.25, -0.2) is 0 Å². The van der Waals surface area contributed by atoms with Crippen LogP contribution in [-0.4, -0.2) is 25.5 Å². The van der Waals surface area contributed by atoms with Crippen LogP contribution in [0, 0.1) is 0 Å². The van der Waals surface area contributed by atoms with E-state index in [0.29, 0.717) is 13.2 Å². The van der Waals surface area contributed by atoms with Gasteiger partial charge in [0, 0.05) is 5.69 Å². The van der Waals surface area contributed by atoms with Crippen molar-refractivity contribution in [1.82, 2.24) is 0 Å². The van der Waals surface area contributed by atoms with E-state index < -0.39 is 0 Å². The van der Waals surface area contributed by atoms with Gasteiger partial charge in [0.2, 0.25) is 0 Å². The number of halogens is 1. The molecule has 4 nitrogen and oxygen atoms in total. The molecule has 130 valence electrons. The first-order valence-corrected chi connectivity index (χ1v) is 8.11. The van der Waals surface area contributed by atoms with Crippen molar-refractivity contribution in [3.8, 4) is 5.75 Å². The van der Waals surface area contributed by atoms with Crippen LogP contribution in [0.2, 0.25) is 0 Å². The molecule has 0 saturated carbocycles. The first-order chi connectivity index (χ1) is 11.2. The number of carbonyl (C=O) groups excluding carboxylic acids is 1. The normalized spacial score (nSPS) is 10.1. The second-order valence-corrected chi connectivity index (χ2v) is 5.48. The monoisotopic (exact) mass is 348 g/mol. The lowest BCUT2D eigenvalue weighted by atomic mass is 10.2. The zero-order valence-corrected chi connectivity index (χ0v) is 15.0. The van der Waals surface area contributed by atoms with Crippen molar-refractivity contribution < 1.29 is 26.8 Å². The number of likely N-dealkylation sites (N-methyl/N-ethyl adjacent to an activating group) is 1. The van der Waals surface area contributed by atoms with Gasteiger partial charge < -0.3 is 27.4 Å². The maximum Gasteiger partial charge on any atom is 0.279 e. The molecule has 0 aliphatic carbocycles. The molecule has 1 amide bonds. The zero-order chi connectivity index (χ0) is 16.5. The number of rotatable bonds is 8. The van der Waals surface area contributed by atoms with Gasteiger partial charge in [-0.2, -0.15) is 0 Å². The number of hydrogen-bond acceptors (Lipinski definition) is 2. The van der Waals surface area contributed by atoms with Crippen molar-refractivity contribution in [2.75, 3.05) is 25.0 Å². The molecule has 0 unspecified atom stereocenters. The van der Waals surface area contributed by atoms with E-state index in [2.05, 4.69) is 19.2 Å². The predicted octanol–water partition coefficient (Wildman–Crippen LogP) is -0.867. The van der Waals surface area contributed by atoms with Gasteiger partial charge in [-0.3, -0.25) is 4.79 Å². The minimum absolute atomic E-state index is 0. The smallest absolute Gasteiger partial charge is 0.279 e. The summed E-state index contributed by atoms with van der Waals surface area (Å²) < 4.78 is 5.73. The van der Waals surface area contributed by atoms with Crippen LogP contribution in [0.4, 0.5) is 5.69 Å². The Morgan fingerprint density at radius 2 is 1.62 bits per heavy atom. The molecule has 0 heterocycles. The molecule has 2 aromatic rings. The minimum Gasteiger partial charge on any atom is -1.00 e. The van der Waals surface area contributed by atoms with E-state index >= 15 is 0 Å². The molecular weight excluding hydrogens is 324 g/mol. The summed E-state index contributed by atoms with van der Waals surface area (Å²) in [6, 6.07) is 17.5. The first-order valence-electron chi connectivity index (χ1n) is 8.11. The van der Waals surface area contributed by atoms with Crippen LogP contribution in [0.25, 0.3) is 0 Å². The highest BCUT2D eigenvalue weighted by Crippen LogP contribution is 2.16. The van der Waals surface area contributed by atoms with E-state index in [1.54, 1.807) is 0 Å². The number of hydrogen-bond donors (Lipinski definition) is 2. The highest BCUT2D eigenvalue weighted by molar-refractivity contribution is 5.91. The highest BCUT2D eigenvalue weighted by atomic mass is 35.5. The molecule has 24 heavy (non-hydrogen) atoms. The fraction of sp³-hybridized carbons (Fsp3) is 0.316. The lowest BCUT2D eigenvalue weighted by Gasteiger charge is -2.15. The van der Waals surface area contributed by atoms with Crippen molar-refractivity contribution in [3.05, 3.63) is 60.2 Å². The van der Waals surface area contributed by atoms with Gasteiger partial charge in [0.1, 0.15) is 12.4 Å². The van der Waals surface area contributed by atoms with Gasteiger partial charge >= 0.3 is 0 Å². The molecule has 0 aromatic heterocycles. The summed E-state index contributed by atoms with van der Waals surface area (Å²) in [4.78, 5) is 13.2. The second-order valence-electron chi connectivity index (χ2n) is 5.48. The van der Waals surface area contributed by atoms with E-state index in [-0.39, 0.29) is 18.3 Å². The molecule has 2 rings (SSSR count). The van der Waals surface area contributed by atoms with Crippen molar-refractivity contribution in [2.24, 2.45) is 0 Å². The quantitative estimate of drug-likeness (QED) is 0.651. The number of benzene rings is 2. The third-order valence-electron chi connectivity index (χ3n) is 3.80. The third kappa shape index (κ3) is 6.60. The molecule has 0 bridgehead atoms. The molecule has 0 spiro atoms. The van der Waals surface area contributed by atoms with Crippen LogP contribution in [0.15, 0.2) is 54.6 Å². The Morgan fingerprint density at radius 3 is 2.21 bits per heavy atom. The standard InChI is InChI=1S/C19H24N2O2.ClH/c1-3-21(4-2)14-19(22)20-17-10-12-18(13-11-17)23-15-16-8-6-5-7-9-16;/h5-13H,3-4,14-15H2,1-2H3,(H,20,22);1H. The number of ether oxygens (including phenoxy) is 1. The predicted molar refractivity (Wildman–Crippen MR) is 92.8 cm³/mol. The number of quaternary nitrogens is 1. The molecule has 5 heteroatoms. The molecule has 0 radical (unpaired) electrons. The highest BCUT2D eigenvalue weighted by Gasteiger charge is 2.10. The van der Waals surface area contributed by atoms with Crippen molar-refractivity contribution in [1.29, 1.82) is 0 Å². The Bertz CT molecular complexity index is 599. The molecule has 0 atom stereocenters. The zero-order valence-electron chi connectivity index (χ0n) is 14.2. The first kappa shape index (κ1) is 20.0. The van der Waals surface area contributed by atoms with Gasteiger partial charge in [0.05, 0.1) is 13.1 Å². The topological polar surface area (TPSA) is 42.8 Å². The van der Waals surface area contributed by atoms with Crippen molar-refractivity contribution in [3.63, 3.8) is 0 Å². The third-order valence-corrected chi connectivity index (χ3v) is 3.80. The molecule has 0 fully saturated rings. The lowest BCUT2D eigenvalue weighted by Crippen LogP contribution is -3.12. The minimum atomic E-state index is 0. The van der Waals surface area contributed by atoms with Crippen LogP contribution in [0.3, 0.4) is 0 Å². The summed E-state index contributed by atoms with van der Waals surface area (Å²) >= 11 is 0. The summed E-state index contributed by atoms with van der Waals surface area (Å²) in [5.41, 5.74) is 1.93. The summed E-state index contributed by atoms with van der Waals surface area (Å²) in [6.07, 6.45) is 0. The average molecular weight is 349 g/mol. The van der Waals surface area contributed by atoms with Crippen LogP contribution in [-0.2, 0) is 11.4 Å². The van der Waals surface area contributed by atoms with Crippen LogP contribution in [0.5, 0.6) is 5.75 Å². The fourth-order valence-electron chi connectivity index (χ4n) is 2.31. The van der Waals surface area contributed by atoms with Crippen molar-refractivity contribution >= 4 is 11.6 Å². The summed E-state index contributed by atoms with van der Waals surface area (Å²) in [7, 11) is 0. The lowest BCUT2D eigenvalue weighted by molar-refractivity contribution is -0.888. The van der Waals surface area contributed by atoms with Gasteiger partial charge in [-0.05, 0) is 43.7 Å². The Labute approximate surface area is 150 Å². The summed E-state index contributed by atoms with van der Waals surface area (Å²) in [6.45, 7) is 7.12. The Balaban J connectivity index is 0.00000288. The summed E-state index contributed by atoms with van der Waals surface area (Å²) in [5, 5.41) is 2.93. The number of carbonyl (C=O) groups is 1. The summed E-state index contributed by atoms with van der Waals surface area (Å²) in [5.74, 6) is 0.836. The maximum absolute atomic E-state index is 12.0. The number of amides is 1. The Morgan fingerprint density at radius 1 is 1.00 bits per heavy atom. The van der Waals surface area contributed by atoms with E-state index in [4.69, 9.17) is 4.74 Å². The van der Waals surface area contributed by atoms with Crippen LogP contribution >= 0.6 is 0 Å². The van der Waals surface area contributed by atoms with Crippen molar-refractivity contribution in [2.45, 2.75) is 20.5 Å². The molecule has 0 aliphatic heterocycles. The van der Waals surface area contributed by atoms with Crippen LogP contribution in [0.1, 0.15) is 19.4 Å². The molecule has 0 aliphatic rings.